The average Bonchev–Trinajstić information content (AvgIpc) is 2.56. The summed E-state index contributed by atoms with van der Waals surface area (Å²) < 4.78 is 6.47. The van der Waals surface area contributed by atoms with Gasteiger partial charge in [0.1, 0.15) is 17.2 Å². The average molecular weight is 240 g/mol. The molecular formula is C11H20N4O2. The molecule has 1 aromatic rings. The van der Waals surface area contributed by atoms with Crippen molar-refractivity contribution in [2.24, 2.45) is 5.73 Å². The zero-order chi connectivity index (χ0) is 13.1. The Morgan fingerprint density at radius 3 is 2.65 bits per heavy atom. The number of carbonyl (C=O) groups excluding carboxylic acids is 1. The van der Waals surface area contributed by atoms with E-state index in [-0.39, 0.29) is 5.97 Å². The molecule has 0 aromatic carbocycles. The van der Waals surface area contributed by atoms with Gasteiger partial charge in [-0.1, -0.05) is 0 Å². The van der Waals surface area contributed by atoms with Gasteiger partial charge in [0, 0.05) is 6.54 Å². The SMILES string of the molecule is COC(=O)C(C)(N)CCCn1nc(C)nc1C. The van der Waals surface area contributed by atoms with Gasteiger partial charge in [0.2, 0.25) is 0 Å². The summed E-state index contributed by atoms with van der Waals surface area (Å²) in [6.07, 6.45) is 1.31. The first-order valence-corrected chi connectivity index (χ1v) is 5.62. The maximum atomic E-state index is 11.4. The topological polar surface area (TPSA) is 83.0 Å². The first-order valence-electron chi connectivity index (χ1n) is 5.62. The smallest absolute Gasteiger partial charge is 0.325 e. The highest BCUT2D eigenvalue weighted by molar-refractivity contribution is 5.79. The molecule has 6 nitrogen and oxygen atoms in total. The molecule has 0 spiro atoms. The first-order chi connectivity index (χ1) is 7.86. The number of carbonyl (C=O) groups is 1. The molecule has 0 aliphatic heterocycles. The third kappa shape index (κ3) is 3.52. The van der Waals surface area contributed by atoms with Crippen molar-refractivity contribution >= 4 is 5.97 Å². The standard InChI is InChI=1S/C11H20N4O2/c1-8-13-9(2)15(14-8)7-5-6-11(3,12)10(16)17-4/h5-7,12H2,1-4H3. The molecule has 1 unspecified atom stereocenters. The molecule has 0 aliphatic carbocycles. The Morgan fingerprint density at radius 1 is 1.53 bits per heavy atom. The Balaban J connectivity index is 2.48. The number of ether oxygens (including phenoxy) is 1. The number of nitrogens with zero attached hydrogens (tertiary/aromatic N) is 3. The molecule has 0 radical (unpaired) electrons. The Kier molecular flexibility index (Phi) is 4.22. The lowest BCUT2D eigenvalue weighted by Crippen LogP contribution is -2.45. The second-order valence-corrected chi connectivity index (χ2v) is 4.44. The molecule has 0 amide bonds. The zero-order valence-electron chi connectivity index (χ0n) is 10.9. The number of nitrogens with two attached hydrogens (primary N) is 1. The highest BCUT2D eigenvalue weighted by Gasteiger charge is 2.28. The van der Waals surface area contributed by atoms with Crippen molar-refractivity contribution in [3.63, 3.8) is 0 Å². The second-order valence-electron chi connectivity index (χ2n) is 4.44. The molecule has 96 valence electrons. The molecule has 0 saturated heterocycles. The molecule has 0 saturated carbocycles. The maximum absolute atomic E-state index is 11.4. The summed E-state index contributed by atoms with van der Waals surface area (Å²) in [7, 11) is 1.35. The van der Waals surface area contributed by atoms with E-state index in [1.54, 1.807) is 6.92 Å². The summed E-state index contributed by atoms with van der Waals surface area (Å²) in [5, 5.41) is 4.24. The van der Waals surface area contributed by atoms with Gasteiger partial charge in [0.25, 0.3) is 0 Å². The van der Waals surface area contributed by atoms with E-state index < -0.39 is 5.54 Å². The molecule has 2 N–H and O–H groups in total. The van der Waals surface area contributed by atoms with Gasteiger partial charge in [-0.3, -0.25) is 9.48 Å². The van der Waals surface area contributed by atoms with E-state index in [2.05, 4.69) is 14.8 Å². The Morgan fingerprint density at radius 2 is 2.18 bits per heavy atom. The molecule has 1 atom stereocenters. The van der Waals surface area contributed by atoms with Crippen LogP contribution in [-0.4, -0.2) is 33.4 Å². The fraction of sp³-hybridized carbons (Fsp3) is 0.727. The van der Waals surface area contributed by atoms with Crippen LogP contribution in [0, 0.1) is 13.8 Å². The van der Waals surface area contributed by atoms with E-state index in [1.807, 2.05) is 18.5 Å². The van der Waals surface area contributed by atoms with Crippen LogP contribution in [0.5, 0.6) is 0 Å². The molecule has 17 heavy (non-hydrogen) atoms. The largest absolute Gasteiger partial charge is 0.468 e. The van der Waals surface area contributed by atoms with Crippen molar-refractivity contribution in [2.45, 2.75) is 45.7 Å². The van der Waals surface area contributed by atoms with Gasteiger partial charge in [-0.05, 0) is 33.6 Å². The van der Waals surface area contributed by atoms with Gasteiger partial charge in [-0.2, -0.15) is 5.10 Å². The van der Waals surface area contributed by atoms with Crippen molar-refractivity contribution in [1.82, 2.24) is 14.8 Å². The number of methoxy groups -OCH3 is 1. The van der Waals surface area contributed by atoms with Crippen LogP contribution in [0.15, 0.2) is 0 Å². The number of aromatic nitrogens is 3. The van der Waals surface area contributed by atoms with Gasteiger partial charge in [-0.15, -0.1) is 0 Å². The van der Waals surface area contributed by atoms with Crippen molar-refractivity contribution in [1.29, 1.82) is 0 Å². The van der Waals surface area contributed by atoms with Gasteiger partial charge in [-0.25, -0.2) is 4.98 Å². The summed E-state index contributed by atoms with van der Waals surface area (Å²) in [6.45, 7) is 6.14. The summed E-state index contributed by atoms with van der Waals surface area (Å²) in [4.78, 5) is 15.6. The van der Waals surface area contributed by atoms with Crippen LogP contribution in [0.25, 0.3) is 0 Å². The Hall–Kier alpha value is -1.43. The van der Waals surface area contributed by atoms with Gasteiger partial charge in [0.15, 0.2) is 0 Å². The fourth-order valence-corrected chi connectivity index (χ4v) is 1.70. The molecule has 6 heteroatoms. The summed E-state index contributed by atoms with van der Waals surface area (Å²) in [6, 6.07) is 0. The number of hydrogen-bond donors (Lipinski definition) is 1. The summed E-state index contributed by atoms with van der Waals surface area (Å²) in [5.74, 6) is 1.24. The van der Waals surface area contributed by atoms with Crippen LogP contribution in [0.2, 0.25) is 0 Å². The molecule has 0 fully saturated rings. The first kappa shape index (κ1) is 13.6. The third-order valence-corrected chi connectivity index (χ3v) is 2.68. The molecule has 1 aromatic heterocycles. The highest BCUT2D eigenvalue weighted by atomic mass is 16.5. The lowest BCUT2D eigenvalue weighted by molar-refractivity contribution is -0.146. The summed E-state index contributed by atoms with van der Waals surface area (Å²) >= 11 is 0. The summed E-state index contributed by atoms with van der Waals surface area (Å²) in [5.41, 5.74) is 4.93. The number of esters is 1. The van der Waals surface area contributed by atoms with Crippen LogP contribution >= 0.6 is 0 Å². The maximum Gasteiger partial charge on any atom is 0.325 e. The van der Waals surface area contributed by atoms with E-state index in [4.69, 9.17) is 5.73 Å². The Labute approximate surface area is 101 Å². The normalized spacial score (nSPS) is 14.4. The van der Waals surface area contributed by atoms with Crippen molar-refractivity contribution in [2.75, 3.05) is 7.11 Å². The van der Waals surface area contributed by atoms with E-state index in [9.17, 15) is 4.79 Å². The highest BCUT2D eigenvalue weighted by Crippen LogP contribution is 2.12. The second kappa shape index (κ2) is 5.27. The third-order valence-electron chi connectivity index (χ3n) is 2.68. The number of rotatable bonds is 5. The lowest BCUT2D eigenvalue weighted by Gasteiger charge is -2.21. The monoisotopic (exact) mass is 240 g/mol. The van der Waals surface area contributed by atoms with Crippen molar-refractivity contribution < 1.29 is 9.53 Å². The predicted octanol–water partition coefficient (Wildman–Crippen LogP) is 0.566. The Bertz CT molecular complexity index is 398. The molecule has 1 heterocycles. The quantitative estimate of drug-likeness (QED) is 0.760. The molecule has 1 rings (SSSR count). The number of aryl methyl sites for hydroxylation is 3. The van der Waals surface area contributed by atoms with E-state index >= 15 is 0 Å². The van der Waals surface area contributed by atoms with Crippen LogP contribution in [0.1, 0.15) is 31.4 Å². The van der Waals surface area contributed by atoms with E-state index in [0.717, 1.165) is 18.1 Å². The fourth-order valence-electron chi connectivity index (χ4n) is 1.70. The molecular weight excluding hydrogens is 220 g/mol. The van der Waals surface area contributed by atoms with E-state index in [1.165, 1.54) is 7.11 Å². The lowest BCUT2D eigenvalue weighted by atomic mass is 9.97. The predicted molar refractivity (Wildman–Crippen MR) is 63.3 cm³/mol. The van der Waals surface area contributed by atoms with Crippen LogP contribution < -0.4 is 5.73 Å². The number of hydrogen-bond acceptors (Lipinski definition) is 5. The van der Waals surface area contributed by atoms with Gasteiger partial charge < -0.3 is 10.5 Å². The zero-order valence-corrected chi connectivity index (χ0v) is 10.9. The minimum absolute atomic E-state index is 0.385. The van der Waals surface area contributed by atoms with Crippen molar-refractivity contribution in [3.8, 4) is 0 Å². The minimum Gasteiger partial charge on any atom is -0.468 e. The molecule has 0 aliphatic rings. The van der Waals surface area contributed by atoms with Crippen LogP contribution in [0.4, 0.5) is 0 Å². The van der Waals surface area contributed by atoms with Gasteiger partial charge >= 0.3 is 5.97 Å². The van der Waals surface area contributed by atoms with Gasteiger partial charge in [0.05, 0.1) is 7.11 Å². The van der Waals surface area contributed by atoms with E-state index in [0.29, 0.717) is 13.0 Å². The van der Waals surface area contributed by atoms with Crippen LogP contribution in [0.3, 0.4) is 0 Å². The van der Waals surface area contributed by atoms with Crippen molar-refractivity contribution in [3.05, 3.63) is 11.6 Å². The molecule has 0 bridgehead atoms. The van der Waals surface area contributed by atoms with Crippen LogP contribution in [-0.2, 0) is 16.1 Å². The minimum atomic E-state index is -0.932.